The Morgan fingerprint density at radius 2 is 2.10 bits per heavy atom. The van der Waals surface area contributed by atoms with Crippen LogP contribution in [0.2, 0.25) is 0 Å². The van der Waals surface area contributed by atoms with Gasteiger partial charge < -0.3 is 10.1 Å². The number of ether oxygens (including phenoxy) is 1. The third-order valence-electron chi connectivity index (χ3n) is 4.47. The number of nitrogens with zero attached hydrogens (tertiary/aromatic N) is 1. The van der Waals surface area contributed by atoms with E-state index in [-0.39, 0.29) is 5.54 Å². The van der Waals surface area contributed by atoms with Crippen LogP contribution in [0.5, 0.6) is 0 Å². The van der Waals surface area contributed by atoms with E-state index >= 15 is 0 Å². The summed E-state index contributed by atoms with van der Waals surface area (Å²) < 4.78 is 5.90. The molecule has 4 heteroatoms. The normalized spacial score (nSPS) is 27.0. The molecule has 2 atom stereocenters. The van der Waals surface area contributed by atoms with Crippen LogP contribution < -0.4 is 5.32 Å². The summed E-state index contributed by atoms with van der Waals surface area (Å²) in [5.74, 6) is 0. The molecule has 21 heavy (non-hydrogen) atoms. The van der Waals surface area contributed by atoms with Crippen LogP contribution in [0.4, 0.5) is 0 Å². The molecule has 118 valence electrons. The minimum atomic E-state index is 0.186. The first kappa shape index (κ1) is 15.5. The summed E-state index contributed by atoms with van der Waals surface area (Å²) in [5.41, 5.74) is 0.186. The van der Waals surface area contributed by atoms with Crippen LogP contribution >= 0.6 is 11.3 Å². The van der Waals surface area contributed by atoms with Crippen molar-refractivity contribution >= 4 is 11.3 Å². The molecule has 2 fully saturated rings. The van der Waals surface area contributed by atoms with Gasteiger partial charge in [-0.15, -0.1) is 11.3 Å². The molecular formula is C17H28N2OS. The van der Waals surface area contributed by atoms with Gasteiger partial charge in [0.25, 0.3) is 0 Å². The molecule has 1 aliphatic heterocycles. The third kappa shape index (κ3) is 4.07. The smallest absolute Gasteiger partial charge is 0.0731 e. The molecule has 0 radical (unpaired) electrons. The number of fused-ring (bicyclic) bond motifs is 1. The van der Waals surface area contributed by atoms with Crippen molar-refractivity contribution in [2.75, 3.05) is 13.2 Å². The number of hydrogen-bond acceptors (Lipinski definition) is 4. The van der Waals surface area contributed by atoms with Crippen molar-refractivity contribution in [3.05, 3.63) is 21.9 Å². The van der Waals surface area contributed by atoms with Gasteiger partial charge in [0.05, 0.1) is 12.7 Å². The van der Waals surface area contributed by atoms with Crippen molar-refractivity contribution in [1.82, 2.24) is 10.2 Å². The van der Waals surface area contributed by atoms with Crippen LogP contribution in [-0.2, 0) is 17.8 Å². The summed E-state index contributed by atoms with van der Waals surface area (Å²) in [6, 6.07) is 5.26. The van der Waals surface area contributed by atoms with E-state index < -0.39 is 0 Å². The zero-order valence-corrected chi connectivity index (χ0v) is 14.3. The summed E-state index contributed by atoms with van der Waals surface area (Å²) >= 11 is 1.96. The average Bonchev–Trinajstić information content (AvgIpc) is 3.04. The van der Waals surface area contributed by atoms with Gasteiger partial charge in [-0.05, 0) is 52.2 Å². The number of nitrogens with one attached hydrogen (secondary N) is 1. The van der Waals surface area contributed by atoms with Crippen molar-refractivity contribution in [2.24, 2.45) is 0 Å². The van der Waals surface area contributed by atoms with Gasteiger partial charge in [0.2, 0.25) is 0 Å². The first-order valence-electron chi connectivity index (χ1n) is 8.19. The van der Waals surface area contributed by atoms with Gasteiger partial charge in [-0.2, -0.15) is 0 Å². The highest BCUT2D eigenvalue weighted by molar-refractivity contribution is 7.11. The van der Waals surface area contributed by atoms with E-state index in [0.29, 0.717) is 12.1 Å². The van der Waals surface area contributed by atoms with Crippen LogP contribution in [0, 0.1) is 0 Å². The Kier molecular flexibility index (Phi) is 4.69. The molecule has 3 nitrogen and oxygen atoms in total. The van der Waals surface area contributed by atoms with E-state index in [1.165, 1.54) is 29.0 Å². The van der Waals surface area contributed by atoms with Gasteiger partial charge in [-0.25, -0.2) is 0 Å². The summed E-state index contributed by atoms with van der Waals surface area (Å²) in [7, 11) is 0. The Bertz CT molecular complexity index is 466. The Morgan fingerprint density at radius 1 is 1.29 bits per heavy atom. The lowest BCUT2D eigenvalue weighted by molar-refractivity contribution is -0.0584. The molecule has 0 aromatic carbocycles. The zero-order chi connectivity index (χ0) is 14.9. The second-order valence-electron chi connectivity index (χ2n) is 7.35. The lowest BCUT2D eigenvalue weighted by atomic mass is 10.1. The molecule has 0 bridgehead atoms. The maximum Gasteiger partial charge on any atom is 0.0731 e. The first-order valence-corrected chi connectivity index (χ1v) is 9.01. The summed E-state index contributed by atoms with van der Waals surface area (Å²) in [6.07, 6.45) is 4.40. The van der Waals surface area contributed by atoms with Gasteiger partial charge in [0.15, 0.2) is 0 Å². The highest BCUT2D eigenvalue weighted by Crippen LogP contribution is 2.31. The topological polar surface area (TPSA) is 24.5 Å². The number of thiophene rings is 1. The second-order valence-corrected chi connectivity index (χ2v) is 8.60. The molecule has 3 rings (SSSR count). The van der Waals surface area contributed by atoms with Crippen LogP contribution in [0.1, 0.15) is 49.8 Å². The summed E-state index contributed by atoms with van der Waals surface area (Å²) in [4.78, 5) is 5.58. The quantitative estimate of drug-likeness (QED) is 0.923. The minimum Gasteiger partial charge on any atom is -0.375 e. The van der Waals surface area contributed by atoms with E-state index in [9.17, 15) is 0 Å². The first-order chi connectivity index (χ1) is 10.0. The van der Waals surface area contributed by atoms with Gasteiger partial charge in [0, 0.05) is 41.0 Å². The summed E-state index contributed by atoms with van der Waals surface area (Å²) in [5, 5.41) is 3.57. The Morgan fingerprint density at radius 3 is 2.90 bits per heavy atom. The second kappa shape index (κ2) is 6.37. The molecule has 2 heterocycles. The minimum absolute atomic E-state index is 0.186. The largest absolute Gasteiger partial charge is 0.375 e. The van der Waals surface area contributed by atoms with Gasteiger partial charge in [0.1, 0.15) is 0 Å². The Hall–Kier alpha value is -0.420. The Labute approximate surface area is 132 Å². The van der Waals surface area contributed by atoms with E-state index in [1.807, 2.05) is 11.3 Å². The monoisotopic (exact) mass is 308 g/mol. The molecule has 0 amide bonds. The number of morpholine rings is 1. The van der Waals surface area contributed by atoms with Crippen molar-refractivity contribution in [1.29, 1.82) is 0 Å². The third-order valence-corrected chi connectivity index (χ3v) is 5.54. The highest BCUT2D eigenvalue weighted by atomic mass is 32.1. The SMILES string of the molecule is CC(C)(C)NCc1ccc(CN2CCOC3CCCC32)s1. The van der Waals surface area contributed by atoms with E-state index in [1.54, 1.807) is 0 Å². The molecule has 1 aliphatic carbocycles. The van der Waals surface area contributed by atoms with Gasteiger partial charge >= 0.3 is 0 Å². The van der Waals surface area contributed by atoms with Crippen LogP contribution in [0.25, 0.3) is 0 Å². The van der Waals surface area contributed by atoms with Crippen molar-refractivity contribution < 1.29 is 4.74 Å². The maximum absolute atomic E-state index is 5.90. The van der Waals surface area contributed by atoms with E-state index in [4.69, 9.17) is 4.74 Å². The Balaban J connectivity index is 1.56. The molecule has 2 unspecified atom stereocenters. The van der Waals surface area contributed by atoms with E-state index in [2.05, 4.69) is 43.1 Å². The van der Waals surface area contributed by atoms with Crippen molar-refractivity contribution in [3.8, 4) is 0 Å². The highest BCUT2D eigenvalue weighted by Gasteiger charge is 2.35. The fourth-order valence-corrected chi connectivity index (χ4v) is 4.34. The molecule has 0 spiro atoms. The standard InChI is InChI=1S/C17H28N2OS/c1-17(2,3)18-11-13-7-8-14(21-13)12-19-9-10-20-16-6-4-5-15(16)19/h7-8,15-16,18H,4-6,9-12H2,1-3H3. The van der Waals surface area contributed by atoms with Crippen LogP contribution in [-0.4, -0.2) is 35.7 Å². The van der Waals surface area contributed by atoms with Gasteiger partial charge in [-0.1, -0.05) is 0 Å². The maximum atomic E-state index is 5.90. The molecule has 1 N–H and O–H groups in total. The summed E-state index contributed by atoms with van der Waals surface area (Å²) in [6.45, 7) is 10.7. The molecular weight excluding hydrogens is 280 g/mol. The average molecular weight is 308 g/mol. The number of hydrogen-bond donors (Lipinski definition) is 1. The predicted octanol–water partition coefficient (Wildman–Crippen LogP) is 3.39. The lowest BCUT2D eigenvalue weighted by Gasteiger charge is -2.37. The molecule has 2 aliphatic rings. The van der Waals surface area contributed by atoms with Gasteiger partial charge in [-0.3, -0.25) is 4.90 Å². The molecule has 1 aromatic rings. The van der Waals surface area contributed by atoms with E-state index in [0.717, 1.165) is 26.2 Å². The fraction of sp³-hybridized carbons (Fsp3) is 0.765. The van der Waals surface area contributed by atoms with Crippen LogP contribution in [0.3, 0.4) is 0 Å². The van der Waals surface area contributed by atoms with Crippen LogP contribution in [0.15, 0.2) is 12.1 Å². The molecule has 1 saturated carbocycles. The predicted molar refractivity (Wildman–Crippen MR) is 88.7 cm³/mol. The molecule has 1 aromatic heterocycles. The fourth-order valence-electron chi connectivity index (χ4n) is 3.36. The van der Waals surface area contributed by atoms with Crippen molar-refractivity contribution in [2.45, 2.75) is 70.8 Å². The zero-order valence-electron chi connectivity index (χ0n) is 13.5. The number of rotatable bonds is 4. The van der Waals surface area contributed by atoms with Crippen molar-refractivity contribution in [3.63, 3.8) is 0 Å². The lowest BCUT2D eigenvalue weighted by Crippen LogP contribution is -2.47. The molecule has 1 saturated heterocycles.